The highest BCUT2D eigenvalue weighted by Crippen LogP contribution is 2.18. The van der Waals surface area contributed by atoms with Crippen molar-refractivity contribution in [2.24, 2.45) is 0 Å². The molecule has 0 aromatic rings. The second kappa shape index (κ2) is 41.8. The van der Waals surface area contributed by atoms with E-state index in [1.54, 1.807) is 0 Å². The molecule has 0 aliphatic rings. The van der Waals surface area contributed by atoms with Crippen molar-refractivity contribution in [2.75, 3.05) is 0 Å². The van der Waals surface area contributed by atoms with Crippen LogP contribution in [0, 0.1) is 0 Å². The lowest BCUT2D eigenvalue weighted by atomic mass is 10.0. The van der Waals surface area contributed by atoms with Crippen LogP contribution < -0.4 is 0 Å². The third-order valence-electron chi connectivity index (χ3n) is 10.2. The lowest BCUT2D eigenvalue weighted by Crippen LogP contribution is -2.18. The first-order valence-electron chi connectivity index (χ1n) is 22.3. The zero-order chi connectivity index (χ0) is 36.4. The van der Waals surface area contributed by atoms with Gasteiger partial charge in [0.15, 0.2) is 0 Å². The van der Waals surface area contributed by atoms with Crippen LogP contribution in [0.2, 0.25) is 0 Å². The summed E-state index contributed by atoms with van der Waals surface area (Å²) >= 11 is 0. The largest absolute Gasteiger partial charge is 0.481 e. The van der Waals surface area contributed by atoms with Crippen molar-refractivity contribution in [1.82, 2.24) is 0 Å². The van der Waals surface area contributed by atoms with Gasteiger partial charge in [0.25, 0.3) is 0 Å². The average molecular weight is 703 g/mol. The van der Waals surface area contributed by atoms with Crippen LogP contribution in [0.25, 0.3) is 0 Å². The molecule has 1 N–H and O–H groups in total. The van der Waals surface area contributed by atoms with E-state index in [-0.39, 0.29) is 12.1 Å². The number of hydrogen-bond donors (Lipinski definition) is 1. The monoisotopic (exact) mass is 703 g/mol. The molecule has 0 heterocycles. The molecule has 0 aromatic carbocycles. The Morgan fingerprint density at radius 3 is 1.24 bits per heavy atom. The number of carboxylic acids is 1. The summed E-state index contributed by atoms with van der Waals surface area (Å²) in [6.45, 7) is 4.46. The molecule has 0 amide bonds. The third-order valence-corrected chi connectivity index (χ3v) is 10.2. The second-order valence-corrected chi connectivity index (χ2v) is 15.2. The smallest absolute Gasteiger partial charge is 0.306 e. The Morgan fingerprint density at radius 1 is 0.440 bits per heavy atom. The molecule has 1 unspecified atom stereocenters. The van der Waals surface area contributed by atoms with Gasteiger partial charge in [0.1, 0.15) is 6.10 Å². The number of aliphatic carboxylic acids is 1. The van der Waals surface area contributed by atoms with Gasteiger partial charge in [-0.1, -0.05) is 199 Å². The Labute approximate surface area is 312 Å². The highest BCUT2D eigenvalue weighted by Gasteiger charge is 2.13. The number of rotatable bonds is 41. The predicted octanol–water partition coefficient (Wildman–Crippen LogP) is 15.6. The SMILES string of the molecule is CCCCC/C=C\C/C=C\CCCCCCCCCCCCCC(=O)OC(CCC)CCCCCCCCCCCCCCCCCC(=O)O. The van der Waals surface area contributed by atoms with Crippen molar-refractivity contribution in [2.45, 2.75) is 258 Å². The van der Waals surface area contributed by atoms with E-state index in [4.69, 9.17) is 9.84 Å². The number of carboxylic acid groups (broad SMARTS) is 1. The summed E-state index contributed by atoms with van der Waals surface area (Å²) in [5.74, 6) is -0.632. The van der Waals surface area contributed by atoms with Gasteiger partial charge in [0.2, 0.25) is 0 Å². The fourth-order valence-corrected chi connectivity index (χ4v) is 6.92. The maximum absolute atomic E-state index is 12.5. The Hall–Kier alpha value is -1.58. The standard InChI is InChI=1S/C46H86O4/c1-3-5-6-7-8-9-10-11-12-13-14-15-16-17-21-24-27-30-33-36-39-43-46(49)50-44(40-4-2)41-37-34-31-28-25-22-19-18-20-23-26-29-32-35-38-42-45(47)48/h8-9,11-12,44H,3-7,10,13-43H2,1-2H3,(H,47,48)/b9-8-,12-11-. The van der Waals surface area contributed by atoms with Crippen molar-refractivity contribution in [3.05, 3.63) is 24.3 Å². The summed E-state index contributed by atoms with van der Waals surface area (Å²) < 4.78 is 5.90. The van der Waals surface area contributed by atoms with Gasteiger partial charge in [0.05, 0.1) is 0 Å². The van der Waals surface area contributed by atoms with Gasteiger partial charge < -0.3 is 9.84 Å². The van der Waals surface area contributed by atoms with Crippen molar-refractivity contribution < 1.29 is 19.4 Å². The van der Waals surface area contributed by atoms with E-state index in [0.717, 1.165) is 51.4 Å². The van der Waals surface area contributed by atoms with Crippen molar-refractivity contribution in [3.63, 3.8) is 0 Å². The Morgan fingerprint density at radius 2 is 0.820 bits per heavy atom. The predicted molar refractivity (Wildman–Crippen MR) is 218 cm³/mol. The molecular weight excluding hydrogens is 617 g/mol. The summed E-state index contributed by atoms with van der Waals surface area (Å²) in [7, 11) is 0. The number of allylic oxidation sites excluding steroid dienone is 4. The first kappa shape index (κ1) is 48.4. The number of carbonyl (C=O) groups is 2. The molecule has 0 spiro atoms. The maximum Gasteiger partial charge on any atom is 0.306 e. The number of ether oxygens (including phenoxy) is 1. The molecule has 4 nitrogen and oxygen atoms in total. The van der Waals surface area contributed by atoms with E-state index in [1.165, 1.54) is 173 Å². The number of esters is 1. The molecular formula is C46H86O4. The Bertz CT molecular complexity index is 757. The molecule has 0 rings (SSSR count). The van der Waals surface area contributed by atoms with Crippen LogP contribution in [-0.4, -0.2) is 23.1 Å². The van der Waals surface area contributed by atoms with Gasteiger partial charge in [0, 0.05) is 12.8 Å². The average Bonchev–Trinajstić information content (AvgIpc) is 3.10. The van der Waals surface area contributed by atoms with E-state index in [0.29, 0.717) is 12.8 Å². The molecule has 4 heteroatoms. The van der Waals surface area contributed by atoms with E-state index in [2.05, 4.69) is 38.2 Å². The van der Waals surface area contributed by atoms with Crippen LogP contribution in [0.15, 0.2) is 24.3 Å². The molecule has 294 valence electrons. The van der Waals surface area contributed by atoms with Crippen molar-refractivity contribution in [1.29, 1.82) is 0 Å². The molecule has 0 aliphatic carbocycles. The van der Waals surface area contributed by atoms with Crippen LogP contribution >= 0.6 is 0 Å². The normalized spacial score (nSPS) is 12.4. The summed E-state index contributed by atoms with van der Waals surface area (Å²) in [6.07, 6.45) is 54.3. The van der Waals surface area contributed by atoms with Gasteiger partial charge in [-0.3, -0.25) is 9.59 Å². The fraction of sp³-hybridized carbons (Fsp3) is 0.870. The third kappa shape index (κ3) is 40.8. The van der Waals surface area contributed by atoms with Gasteiger partial charge in [-0.25, -0.2) is 0 Å². The van der Waals surface area contributed by atoms with Crippen LogP contribution in [0.1, 0.15) is 251 Å². The number of hydrogen-bond acceptors (Lipinski definition) is 3. The lowest BCUT2D eigenvalue weighted by Gasteiger charge is -2.17. The van der Waals surface area contributed by atoms with Gasteiger partial charge >= 0.3 is 11.9 Å². The first-order valence-corrected chi connectivity index (χ1v) is 22.3. The lowest BCUT2D eigenvalue weighted by molar-refractivity contribution is -0.150. The molecule has 0 radical (unpaired) electrons. The van der Waals surface area contributed by atoms with E-state index < -0.39 is 5.97 Å². The maximum atomic E-state index is 12.5. The molecule has 0 saturated heterocycles. The summed E-state index contributed by atoms with van der Waals surface area (Å²) in [6, 6.07) is 0. The summed E-state index contributed by atoms with van der Waals surface area (Å²) in [5, 5.41) is 8.67. The number of carbonyl (C=O) groups excluding carboxylic acids is 1. The van der Waals surface area contributed by atoms with Crippen LogP contribution in [-0.2, 0) is 14.3 Å². The van der Waals surface area contributed by atoms with Crippen LogP contribution in [0.3, 0.4) is 0 Å². The second-order valence-electron chi connectivity index (χ2n) is 15.2. The van der Waals surface area contributed by atoms with E-state index in [9.17, 15) is 9.59 Å². The summed E-state index contributed by atoms with van der Waals surface area (Å²) in [4.78, 5) is 23.0. The van der Waals surface area contributed by atoms with Crippen LogP contribution in [0.5, 0.6) is 0 Å². The molecule has 0 aromatic heterocycles. The van der Waals surface area contributed by atoms with Gasteiger partial charge in [-0.05, 0) is 64.2 Å². The Balaban J connectivity index is 3.49. The zero-order valence-corrected chi connectivity index (χ0v) is 33.7. The minimum atomic E-state index is -0.664. The molecule has 0 aliphatic heterocycles. The topological polar surface area (TPSA) is 63.6 Å². The quantitative estimate of drug-likeness (QED) is 0.0391. The molecule has 0 saturated carbocycles. The zero-order valence-electron chi connectivity index (χ0n) is 33.7. The van der Waals surface area contributed by atoms with Crippen molar-refractivity contribution in [3.8, 4) is 0 Å². The molecule has 1 atom stereocenters. The minimum Gasteiger partial charge on any atom is -0.481 e. The fourth-order valence-electron chi connectivity index (χ4n) is 6.92. The molecule has 0 fully saturated rings. The Kier molecular flexibility index (Phi) is 40.5. The van der Waals surface area contributed by atoms with Crippen molar-refractivity contribution >= 4 is 11.9 Å². The highest BCUT2D eigenvalue weighted by atomic mass is 16.5. The van der Waals surface area contributed by atoms with Gasteiger partial charge in [-0.2, -0.15) is 0 Å². The molecule has 0 bridgehead atoms. The number of unbranched alkanes of at least 4 members (excludes halogenated alkanes) is 28. The highest BCUT2D eigenvalue weighted by molar-refractivity contribution is 5.69. The van der Waals surface area contributed by atoms with E-state index in [1.807, 2.05) is 0 Å². The minimum absolute atomic E-state index is 0.0318. The van der Waals surface area contributed by atoms with E-state index >= 15 is 0 Å². The molecule has 50 heavy (non-hydrogen) atoms. The first-order chi connectivity index (χ1) is 24.6. The van der Waals surface area contributed by atoms with Gasteiger partial charge in [-0.15, -0.1) is 0 Å². The van der Waals surface area contributed by atoms with Crippen LogP contribution in [0.4, 0.5) is 0 Å². The summed E-state index contributed by atoms with van der Waals surface area (Å²) in [5.41, 5.74) is 0.